The van der Waals surface area contributed by atoms with Crippen molar-refractivity contribution in [1.82, 2.24) is 16.0 Å². The molecule has 1 atom stereocenters. The Morgan fingerprint density at radius 1 is 0.957 bits per heavy atom. The second kappa shape index (κ2) is 8.89. The molecular formula is C17H29N3O3. The van der Waals surface area contributed by atoms with Crippen molar-refractivity contribution in [3.63, 3.8) is 0 Å². The van der Waals surface area contributed by atoms with Crippen LogP contribution in [0, 0.1) is 11.8 Å². The number of amides is 3. The topological polar surface area (TPSA) is 87.3 Å². The molecule has 0 spiro atoms. The molecule has 130 valence electrons. The number of nitrogens with one attached hydrogen (secondary N) is 3. The fourth-order valence-corrected chi connectivity index (χ4v) is 3.03. The summed E-state index contributed by atoms with van der Waals surface area (Å²) in [4.78, 5) is 35.3. The summed E-state index contributed by atoms with van der Waals surface area (Å²) in [7, 11) is 0. The smallest absolute Gasteiger partial charge is 0.242 e. The molecule has 2 fully saturated rings. The number of hydrogen-bond acceptors (Lipinski definition) is 3. The summed E-state index contributed by atoms with van der Waals surface area (Å²) < 4.78 is 0. The lowest BCUT2D eigenvalue weighted by Gasteiger charge is -2.22. The Bertz CT molecular complexity index is 429. The average molecular weight is 323 g/mol. The van der Waals surface area contributed by atoms with Crippen molar-refractivity contribution >= 4 is 17.7 Å². The van der Waals surface area contributed by atoms with Gasteiger partial charge in [0.25, 0.3) is 0 Å². The summed E-state index contributed by atoms with van der Waals surface area (Å²) in [5.74, 6) is 0.484. The standard InChI is InChI=1S/C17H29N3O3/c1-12(20-15(21)11-13-5-3-2-4-6-13)16(22)18-9-10-19-17(23)14-7-8-14/h12-14H,2-11H2,1H3,(H,18,22)(H,19,23)(H,20,21)/t12-/m0/s1. The van der Waals surface area contributed by atoms with Gasteiger partial charge in [-0.2, -0.15) is 0 Å². The van der Waals surface area contributed by atoms with E-state index in [1.807, 2.05) is 0 Å². The molecular weight excluding hydrogens is 294 g/mol. The molecule has 3 N–H and O–H groups in total. The van der Waals surface area contributed by atoms with Crippen molar-refractivity contribution < 1.29 is 14.4 Å². The highest BCUT2D eigenvalue weighted by Gasteiger charge is 2.29. The van der Waals surface area contributed by atoms with Crippen LogP contribution in [0.1, 0.15) is 58.3 Å². The van der Waals surface area contributed by atoms with Gasteiger partial charge in [-0.05, 0) is 38.5 Å². The number of carbonyl (C=O) groups is 3. The summed E-state index contributed by atoms with van der Waals surface area (Å²) in [6.07, 6.45) is 8.40. The molecule has 0 aromatic heterocycles. The summed E-state index contributed by atoms with van der Waals surface area (Å²) in [5.41, 5.74) is 0. The van der Waals surface area contributed by atoms with Crippen LogP contribution in [0.5, 0.6) is 0 Å². The van der Waals surface area contributed by atoms with Crippen molar-refractivity contribution in [1.29, 1.82) is 0 Å². The highest BCUT2D eigenvalue weighted by atomic mass is 16.2. The molecule has 6 heteroatoms. The van der Waals surface area contributed by atoms with Gasteiger partial charge < -0.3 is 16.0 Å². The van der Waals surface area contributed by atoms with Crippen molar-refractivity contribution in [2.24, 2.45) is 11.8 Å². The maximum absolute atomic E-state index is 12.0. The van der Waals surface area contributed by atoms with E-state index in [9.17, 15) is 14.4 Å². The summed E-state index contributed by atoms with van der Waals surface area (Å²) >= 11 is 0. The van der Waals surface area contributed by atoms with Gasteiger partial charge in [-0.25, -0.2) is 0 Å². The maximum Gasteiger partial charge on any atom is 0.242 e. The molecule has 0 unspecified atom stereocenters. The van der Waals surface area contributed by atoms with Crippen LogP contribution in [0.4, 0.5) is 0 Å². The first-order chi connectivity index (χ1) is 11.1. The van der Waals surface area contributed by atoms with Crippen LogP contribution in [-0.4, -0.2) is 36.9 Å². The summed E-state index contributed by atoms with van der Waals surface area (Å²) in [6.45, 7) is 2.51. The summed E-state index contributed by atoms with van der Waals surface area (Å²) in [5, 5.41) is 8.30. The average Bonchev–Trinajstić information content (AvgIpc) is 3.36. The summed E-state index contributed by atoms with van der Waals surface area (Å²) in [6, 6.07) is -0.537. The van der Waals surface area contributed by atoms with Crippen LogP contribution in [0.2, 0.25) is 0 Å². The quantitative estimate of drug-likeness (QED) is 0.585. The second-order valence-electron chi connectivity index (χ2n) is 6.85. The number of hydrogen-bond donors (Lipinski definition) is 3. The van der Waals surface area contributed by atoms with E-state index in [0.717, 1.165) is 25.7 Å². The highest BCUT2D eigenvalue weighted by Crippen LogP contribution is 2.28. The first-order valence-electron chi connectivity index (χ1n) is 8.91. The predicted octanol–water partition coefficient (Wildman–Crippen LogP) is 1.10. The second-order valence-corrected chi connectivity index (χ2v) is 6.85. The van der Waals surface area contributed by atoms with Crippen LogP contribution in [-0.2, 0) is 14.4 Å². The van der Waals surface area contributed by atoms with E-state index >= 15 is 0 Å². The van der Waals surface area contributed by atoms with E-state index < -0.39 is 6.04 Å². The van der Waals surface area contributed by atoms with Gasteiger partial charge in [0.05, 0.1) is 0 Å². The molecule has 0 bridgehead atoms. The van der Waals surface area contributed by atoms with Gasteiger partial charge >= 0.3 is 0 Å². The molecule has 6 nitrogen and oxygen atoms in total. The zero-order valence-corrected chi connectivity index (χ0v) is 14.0. The SMILES string of the molecule is C[C@H](NC(=O)CC1CCCCC1)C(=O)NCCNC(=O)C1CC1. The Balaban J connectivity index is 1.55. The lowest BCUT2D eigenvalue weighted by atomic mass is 9.87. The first-order valence-corrected chi connectivity index (χ1v) is 8.91. The maximum atomic E-state index is 12.0. The Morgan fingerprint density at radius 2 is 1.61 bits per heavy atom. The van der Waals surface area contributed by atoms with Crippen LogP contribution >= 0.6 is 0 Å². The predicted molar refractivity (Wildman–Crippen MR) is 87.5 cm³/mol. The van der Waals surface area contributed by atoms with Crippen LogP contribution in [0.15, 0.2) is 0 Å². The van der Waals surface area contributed by atoms with Gasteiger partial charge in [-0.3, -0.25) is 14.4 Å². The lowest BCUT2D eigenvalue weighted by molar-refractivity contribution is -0.129. The fraction of sp³-hybridized carbons (Fsp3) is 0.824. The first kappa shape index (κ1) is 17.8. The van der Waals surface area contributed by atoms with E-state index in [2.05, 4.69) is 16.0 Å². The molecule has 0 radical (unpaired) electrons. The fourth-order valence-electron chi connectivity index (χ4n) is 3.03. The third-order valence-corrected chi connectivity index (χ3v) is 4.64. The molecule has 2 aliphatic rings. The molecule has 0 heterocycles. The van der Waals surface area contributed by atoms with E-state index in [-0.39, 0.29) is 23.6 Å². The number of carbonyl (C=O) groups excluding carboxylic acids is 3. The molecule has 0 aromatic rings. The van der Waals surface area contributed by atoms with Gasteiger partial charge in [-0.1, -0.05) is 19.3 Å². The van der Waals surface area contributed by atoms with E-state index in [4.69, 9.17) is 0 Å². The van der Waals surface area contributed by atoms with E-state index in [0.29, 0.717) is 25.4 Å². The molecule has 2 rings (SSSR count). The van der Waals surface area contributed by atoms with Crippen molar-refractivity contribution in [2.75, 3.05) is 13.1 Å². The zero-order chi connectivity index (χ0) is 16.7. The number of rotatable bonds is 8. The molecule has 0 aromatic carbocycles. The Kier molecular flexibility index (Phi) is 6.86. The van der Waals surface area contributed by atoms with Gasteiger partial charge in [-0.15, -0.1) is 0 Å². The van der Waals surface area contributed by atoms with Crippen LogP contribution in [0.3, 0.4) is 0 Å². The Morgan fingerprint density at radius 3 is 2.26 bits per heavy atom. The molecule has 0 aliphatic heterocycles. The van der Waals surface area contributed by atoms with Crippen LogP contribution < -0.4 is 16.0 Å². The minimum absolute atomic E-state index is 0.0402. The van der Waals surface area contributed by atoms with E-state index in [1.165, 1.54) is 19.3 Å². The lowest BCUT2D eigenvalue weighted by Crippen LogP contribution is -2.47. The molecule has 0 saturated heterocycles. The van der Waals surface area contributed by atoms with Crippen molar-refractivity contribution in [2.45, 2.75) is 64.3 Å². The van der Waals surface area contributed by atoms with E-state index in [1.54, 1.807) is 6.92 Å². The molecule has 2 aliphatic carbocycles. The van der Waals surface area contributed by atoms with Gasteiger partial charge in [0, 0.05) is 25.4 Å². The third-order valence-electron chi connectivity index (χ3n) is 4.64. The van der Waals surface area contributed by atoms with Crippen molar-refractivity contribution in [3.05, 3.63) is 0 Å². The molecule has 23 heavy (non-hydrogen) atoms. The third kappa shape index (κ3) is 6.59. The minimum Gasteiger partial charge on any atom is -0.354 e. The van der Waals surface area contributed by atoms with Crippen molar-refractivity contribution in [3.8, 4) is 0 Å². The monoisotopic (exact) mass is 323 g/mol. The molecule has 2 saturated carbocycles. The van der Waals surface area contributed by atoms with Gasteiger partial charge in [0.1, 0.15) is 6.04 Å². The van der Waals surface area contributed by atoms with Crippen LogP contribution in [0.25, 0.3) is 0 Å². The zero-order valence-electron chi connectivity index (χ0n) is 14.0. The normalized spacial score (nSPS) is 19.7. The highest BCUT2D eigenvalue weighted by molar-refractivity contribution is 5.87. The van der Waals surface area contributed by atoms with Gasteiger partial charge in [0.2, 0.25) is 17.7 Å². The van der Waals surface area contributed by atoms with Gasteiger partial charge in [0.15, 0.2) is 0 Å². The Labute approximate surface area is 138 Å². The largest absolute Gasteiger partial charge is 0.354 e. The minimum atomic E-state index is -0.537. The Hall–Kier alpha value is -1.59. The molecule has 3 amide bonds.